The second-order valence-corrected chi connectivity index (χ2v) is 7.52. The summed E-state index contributed by atoms with van der Waals surface area (Å²) in [6, 6.07) is 6.84. The zero-order valence-electron chi connectivity index (χ0n) is 13.0. The molecule has 1 fully saturated rings. The van der Waals surface area contributed by atoms with Gasteiger partial charge in [0, 0.05) is 18.7 Å². The largest absolute Gasteiger partial charge is 0.350 e. The summed E-state index contributed by atoms with van der Waals surface area (Å²) in [5.41, 5.74) is 6.69. The lowest BCUT2D eigenvalue weighted by Gasteiger charge is -2.44. The molecule has 0 saturated heterocycles. The van der Waals surface area contributed by atoms with Crippen molar-refractivity contribution >= 4 is 17.0 Å². The second-order valence-electron chi connectivity index (χ2n) is 7.52. The van der Waals surface area contributed by atoms with Crippen molar-refractivity contribution in [3.63, 3.8) is 0 Å². The third-order valence-corrected chi connectivity index (χ3v) is 5.73. The fourth-order valence-electron chi connectivity index (χ4n) is 4.77. The van der Waals surface area contributed by atoms with Crippen molar-refractivity contribution in [2.24, 2.45) is 12.5 Å². The minimum Gasteiger partial charge on any atom is -0.350 e. The zero-order chi connectivity index (χ0) is 14.1. The number of hydrogen-bond acceptors (Lipinski definition) is 0. The summed E-state index contributed by atoms with van der Waals surface area (Å²) in [6.07, 6.45) is 8.63. The summed E-state index contributed by atoms with van der Waals surface area (Å²) in [6.45, 7) is 7.31. The number of aryl methyl sites for hydroxylation is 1. The van der Waals surface area contributed by atoms with Crippen LogP contribution in [0.3, 0.4) is 0 Å². The molecule has 4 rings (SSSR count). The van der Waals surface area contributed by atoms with Gasteiger partial charge in [-0.15, -0.1) is 0 Å². The number of rotatable bonds is 0. The van der Waals surface area contributed by atoms with Gasteiger partial charge >= 0.3 is 0 Å². The summed E-state index contributed by atoms with van der Waals surface area (Å²) in [5.74, 6) is 0. The van der Waals surface area contributed by atoms with Crippen LogP contribution in [0.4, 0.5) is 0 Å². The fraction of sp³-hybridized carbons (Fsp3) is 0.474. The van der Waals surface area contributed by atoms with Crippen molar-refractivity contribution in [1.82, 2.24) is 4.57 Å². The minimum atomic E-state index is 0.239. The third-order valence-electron chi connectivity index (χ3n) is 5.73. The Kier molecular flexibility index (Phi) is 2.19. The van der Waals surface area contributed by atoms with Crippen LogP contribution < -0.4 is 0 Å². The molecule has 1 unspecified atom stereocenters. The molecule has 0 bridgehead atoms. The quantitative estimate of drug-likeness (QED) is 0.628. The Hall–Kier alpha value is -1.50. The lowest BCUT2D eigenvalue weighted by Crippen LogP contribution is -2.35. The Labute approximate surface area is 121 Å². The highest BCUT2D eigenvalue weighted by atomic mass is 14.9. The molecule has 2 aromatic rings. The van der Waals surface area contributed by atoms with E-state index in [-0.39, 0.29) is 5.41 Å². The van der Waals surface area contributed by atoms with Gasteiger partial charge in [-0.05, 0) is 40.8 Å². The maximum absolute atomic E-state index is 2.49. The lowest BCUT2D eigenvalue weighted by atomic mass is 9.60. The predicted octanol–water partition coefficient (Wildman–Crippen LogP) is 5.04. The molecule has 1 nitrogen and oxygen atoms in total. The fourth-order valence-corrected chi connectivity index (χ4v) is 4.77. The molecule has 0 spiro atoms. The topological polar surface area (TPSA) is 4.93 Å². The monoisotopic (exact) mass is 265 g/mol. The van der Waals surface area contributed by atoms with Crippen LogP contribution in [-0.2, 0) is 12.5 Å². The van der Waals surface area contributed by atoms with Gasteiger partial charge in [-0.25, -0.2) is 0 Å². The number of aromatic nitrogens is 1. The van der Waals surface area contributed by atoms with E-state index in [1.165, 1.54) is 35.7 Å². The van der Waals surface area contributed by atoms with Crippen LogP contribution in [-0.4, -0.2) is 4.57 Å². The van der Waals surface area contributed by atoms with E-state index in [0.29, 0.717) is 5.41 Å². The van der Waals surface area contributed by atoms with Gasteiger partial charge in [0.15, 0.2) is 0 Å². The van der Waals surface area contributed by atoms with E-state index in [4.69, 9.17) is 0 Å². The van der Waals surface area contributed by atoms with E-state index < -0.39 is 0 Å². The number of allylic oxidation sites excluding steroid dienone is 1. The summed E-state index contributed by atoms with van der Waals surface area (Å²) in [4.78, 5) is 0. The molecule has 1 aromatic carbocycles. The van der Waals surface area contributed by atoms with Gasteiger partial charge in [0.2, 0.25) is 0 Å². The smallest absolute Gasteiger partial charge is 0.0525 e. The molecule has 20 heavy (non-hydrogen) atoms. The third kappa shape index (κ3) is 1.33. The van der Waals surface area contributed by atoms with Crippen LogP contribution in [0.5, 0.6) is 0 Å². The van der Waals surface area contributed by atoms with Crippen LogP contribution >= 0.6 is 0 Å². The minimum absolute atomic E-state index is 0.239. The van der Waals surface area contributed by atoms with E-state index in [1.807, 2.05) is 0 Å². The van der Waals surface area contributed by atoms with Crippen LogP contribution in [0.25, 0.3) is 17.0 Å². The molecule has 1 aromatic heterocycles. The molecule has 1 heteroatoms. The van der Waals surface area contributed by atoms with Crippen LogP contribution in [0.15, 0.2) is 30.0 Å². The first-order valence-electron chi connectivity index (χ1n) is 7.75. The second kappa shape index (κ2) is 3.58. The number of nitrogens with zero attached hydrogens (tertiary/aromatic N) is 1. The number of fused-ring (bicyclic) bond motifs is 5. The summed E-state index contributed by atoms with van der Waals surface area (Å²) >= 11 is 0. The molecule has 0 N–H and O–H groups in total. The average molecular weight is 265 g/mol. The predicted molar refractivity (Wildman–Crippen MR) is 85.9 cm³/mol. The molecule has 1 heterocycles. The van der Waals surface area contributed by atoms with Crippen molar-refractivity contribution < 1.29 is 0 Å². The van der Waals surface area contributed by atoms with Crippen molar-refractivity contribution in [1.29, 1.82) is 0 Å². The van der Waals surface area contributed by atoms with E-state index in [9.17, 15) is 0 Å². The first-order chi connectivity index (χ1) is 9.43. The van der Waals surface area contributed by atoms with Crippen molar-refractivity contribution in [3.05, 3.63) is 41.1 Å². The van der Waals surface area contributed by atoms with Gasteiger partial charge in [0.05, 0.1) is 5.52 Å². The Bertz CT molecular complexity index is 744. The van der Waals surface area contributed by atoms with Gasteiger partial charge in [0.1, 0.15) is 0 Å². The molecule has 0 radical (unpaired) electrons. The molecular formula is C19H23N. The maximum Gasteiger partial charge on any atom is 0.0525 e. The van der Waals surface area contributed by atoms with Crippen LogP contribution in [0.1, 0.15) is 51.2 Å². The average Bonchev–Trinajstić information content (AvgIpc) is 2.89. The van der Waals surface area contributed by atoms with E-state index >= 15 is 0 Å². The summed E-state index contributed by atoms with van der Waals surface area (Å²) in [7, 11) is 2.18. The van der Waals surface area contributed by atoms with E-state index in [1.54, 1.807) is 11.1 Å². The Morgan fingerprint density at radius 2 is 1.85 bits per heavy atom. The van der Waals surface area contributed by atoms with Crippen LogP contribution in [0, 0.1) is 5.41 Å². The normalized spacial score (nSPS) is 27.3. The van der Waals surface area contributed by atoms with Gasteiger partial charge in [-0.3, -0.25) is 0 Å². The van der Waals surface area contributed by atoms with Crippen molar-refractivity contribution in [2.45, 2.75) is 45.4 Å². The van der Waals surface area contributed by atoms with E-state index in [0.717, 1.165) is 0 Å². The first-order valence-corrected chi connectivity index (χ1v) is 7.75. The van der Waals surface area contributed by atoms with Gasteiger partial charge < -0.3 is 4.57 Å². The number of benzene rings is 1. The molecule has 0 amide bonds. The Balaban J connectivity index is 2.07. The molecule has 2 aliphatic rings. The van der Waals surface area contributed by atoms with Crippen molar-refractivity contribution in [2.75, 3.05) is 0 Å². The lowest BCUT2D eigenvalue weighted by molar-refractivity contribution is 0.267. The maximum atomic E-state index is 2.49. The molecule has 1 atom stereocenters. The Morgan fingerprint density at radius 1 is 1.05 bits per heavy atom. The highest BCUT2D eigenvalue weighted by Crippen LogP contribution is 2.58. The van der Waals surface area contributed by atoms with E-state index in [2.05, 4.69) is 62.9 Å². The molecule has 2 aliphatic carbocycles. The first kappa shape index (κ1) is 12.3. The van der Waals surface area contributed by atoms with Gasteiger partial charge in [-0.2, -0.15) is 0 Å². The highest BCUT2D eigenvalue weighted by molar-refractivity contribution is 5.91. The Morgan fingerprint density at radius 3 is 2.65 bits per heavy atom. The van der Waals surface area contributed by atoms with Gasteiger partial charge in [0.25, 0.3) is 0 Å². The van der Waals surface area contributed by atoms with Crippen LogP contribution in [0.2, 0.25) is 0 Å². The highest BCUT2D eigenvalue weighted by Gasteiger charge is 2.47. The molecule has 0 aliphatic heterocycles. The summed E-state index contributed by atoms with van der Waals surface area (Å²) < 4.78 is 2.30. The zero-order valence-corrected chi connectivity index (χ0v) is 13.0. The molecule has 104 valence electrons. The van der Waals surface area contributed by atoms with Crippen molar-refractivity contribution in [3.8, 4) is 0 Å². The molecule has 1 saturated carbocycles. The van der Waals surface area contributed by atoms with Gasteiger partial charge in [-0.1, -0.05) is 51.0 Å². The molecular weight excluding hydrogens is 242 g/mol. The standard InChI is InChI=1S/C19H23N/c1-18(2)9-5-10-19(3)15(18)12-14-7-6-13-8-11-20(4)17(13)16(14)19/h6-8,11-12H,5,9-10H2,1-4H3. The number of hydrogen-bond donors (Lipinski definition) is 0. The summed E-state index contributed by atoms with van der Waals surface area (Å²) in [5, 5.41) is 1.38. The SMILES string of the molecule is Cn1ccc2ccc3c(c21)C1(C)CCCC(C)(C)C1=C3.